The maximum Gasteiger partial charge on any atom is 0.258 e. The molecule has 18 heavy (non-hydrogen) atoms. The van der Waals surface area contributed by atoms with Gasteiger partial charge >= 0.3 is 0 Å². The van der Waals surface area contributed by atoms with Crippen molar-refractivity contribution >= 4 is 5.69 Å². The Morgan fingerprint density at radius 1 is 1.17 bits per heavy atom. The number of nitrogens with zero attached hydrogens (tertiary/aromatic N) is 2. The number of aromatic nitrogens is 2. The number of furan rings is 1. The second-order valence-electron chi connectivity index (χ2n) is 4.01. The molecule has 2 N–H and O–H groups in total. The summed E-state index contributed by atoms with van der Waals surface area (Å²) >= 11 is 0. The number of nitrogen functional groups attached to an aromatic ring is 1. The van der Waals surface area contributed by atoms with E-state index in [0.29, 0.717) is 11.7 Å². The van der Waals surface area contributed by atoms with E-state index in [-0.39, 0.29) is 0 Å². The normalized spacial score (nSPS) is 10.7. The highest BCUT2D eigenvalue weighted by molar-refractivity contribution is 5.63. The fraction of sp³-hybridized carbons (Fsp3) is 0.0769. The minimum atomic E-state index is 0.467. The summed E-state index contributed by atoms with van der Waals surface area (Å²) in [6.07, 6.45) is 3.14. The van der Waals surface area contributed by atoms with Crippen LogP contribution < -0.4 is 5.73 Å². The molecule has 2 aromatic heterocycles. The Kier molecular flexibility index (Phi) is 2.37. The molecule has 0 aliphatic carbocycles. The Balaban J connectivity index is 2.00. The molecule has 5 heteroatoms. The van der Waals surface area contributed by atoms with E-state index < -0.39 is 0 Å². The molecule has 0 aliphatic rings. The molecule has 3 aromatic rings. The summed E-state index contributed by atoms with van der Waals surface area (Å²) in [4.78, 5) is 4.32. The second kappa shape index (κ2) is 4.03. The van der Waals surface area contributed by atoms with Gasteiger partial charge in [0.15, 0.2) is 0 Å². The lowest BCUT2D eigenvalue weighted by Crippen LogP contribution is -1.89. The molecule has 0 atom stereocenters. The monoisotopic (exact) mass is 241 g/mol. The minimum absolute atomic E-state index is 0.467. The molecule has 0 aliphatic heterocycles. The van der Waals surface area contributed by atoms with Gasteiger partial charge in [-0.25, -0.2) is 0 Å². The Labute approximate surface area is 103 Å². The van der Waals surface area contributed by atoms with E-state index >= 15 is 0 Å². The lowest BCUT2D eigenvalue weighted by Gasteiger charge is -2.00. The smallest absolute Gasteiger partial charge is 0.258 e. The molecule has 0 spiro atoms. The van der Waals surface area contributed by atoms with E-state index in [4.69, 9.17) is 14.7 Å². The van der Waals surface area contributed by atoms with Gasteiger partial charge in [0.25, 0.3) is 5.89 Å². The molecule has 3 rings (SSSR count). The number of aryl methyl sites for hydroxylation is 1. The molecule has 5 nitrogen and oxygen atoms in total. The van der Waals surface area contributed by atoms with E-state index in [1.54, 1.807) is 18.6 Å². The molecule has 0 saturated heterocycles. The van der Waals surface area contributed by atoms with Gasteiger partial charge in [0.05, 0.1) is 11.8 Å². The summed E-state index contributed by atoms with van der Waals surface area (Å²) in [5.74, 6) is 0.975. The van der Waals surface area contributed by atoms with Crippen molar-refractivity contribution in [1.29, 1.82) is 0 Å². The van der Waals surface area contributed by atoms with E-state index in [0.717, 1.165) is 22.4 Å². The van der Waals surface area contributed by atoms with Gasteiger partial charge in [-0.05, 0) is 36.8 Å². The van der Waals surface area contributed by atoms with Gasteiger partial charge in [-0.15, -0.1) is 0 Å². The van der Waals surface area contributed by atoms with Gasteiger partial charge in [0, 0.05) is 11.3 Å². The van der Waals surface area contributed by atoms with Crippen molar-refractivity contribution in [1.82, 2.24) is 10.1 Å². The Bertz CT molecular complexity index is 671. The fourth-order valence-corrected chi connectivity index (χ4v) is 1.66. The lowest BCUT2D eigenvalue weighted by atomic mass is 10.1. The van der Waals surface area contributed by atoms with Crippen LogP contribution in [0.5, 0.6) is 0 Å². The molecule has 2 heterocycles. The molecule has 90 valence electrons. The zero-order chi connectivity index (χ0) is 12.5. The highest BCUT2D eigenvalue weighted by Crippen LogP contribution is 2.24. The van der Waals surface area contributed by atoms with Crippen LogP contribution in [0.25, 0.3) is 22.8 Å². The van der Waals surface area contributed by atoms with Crippen molar-refractivity contribution < 1.29 is 8.94 Å². The number of hydrogen-bond acceptors (Lipinski definition) is 5. The third-order valence-corrected chi connectivity index (χ3v) is 2.72. The van der Waals surface area contributed by atoms with E-state index in [9.17, 15) is 0 Å². The second-order valence-corrected chi connectivity index (χ2v) is 4.01. The van der Waals surface area contributed by atoms with Crippen LogP contribution in [0.1, 0.15) is 5.56 Å². The molecular formula is C13H11N3O2. The van der Waals surface area contributed by atoms with Crippen molar-refractivity contribution in [2.75, 3.05) is 5.73 Å². The number of rotatable bonds is 2. The average Bonchev–Trinajstić information content (AvgIpc) is 3.01. The topological polar surface area (TPSA) is 78.1 Å². The Morgan fingerprint density at radius 3 is 2.78 bits per heavy atom. The maximum atomic E-state index is 5.77. The third kappa shape index (κ3) is 1.75. The summed E-state index contributed by atoms with van der Waals surface area (Å²) in [6, 6.07) is 7.38. The Morgan fingerprint density at radius 2 is 2.06 bits per heavy atom. The predicted molar refractivity (Wildman–Crippen MR) is 66.6 cm³/mol. The number of hydrogen-bond donors (Lipinski definition) is 1. The van der Waals surface area contributed by atoms with Crippen molar-refractivity contribution in [3.63, 3.8) is 0 Å². The van der Waals surface area contributed by atoms with Crippen LogP contribution in [0.15, 0.2) is 45.7 Å². The Hall–Kier alpha value is -2.56. The van der Waals surface area contributed by atoms with Gasteiger partial charge in [0.1, 0.15) is 6.26 Å². The van der Waals surface area contributed by atoms with Gasteiger partial charge in [-0.2, -0.15) is 4.98 Å². The van der Waals surface area contributed by atoms with Gasteiger partial charge in [-0.1, -0.05) is 5.16 Å². The maximum absolute atomic E-state index is 5.77. The van der Waals surface area contributed by atoms with E-state index in [2.05, 4.69) is 10.1 Å². The first kappa shape index (κ1) is 10.6. The first-order valence-corrected chi connectivity index (χ1v) is 5.47. The van der Waals surface area contributed by atoms with Crippen molar-refractivity contribution in [3.05, 3.63) is 42.4 Å². The van der Waals surface area contributed by atoms with Crippen molar-refractivity contribution in [2.24, 2.45) is 0 Å². The van der Waals surface area contributed by atoms with E-state index in [1.807, 2.05) is 25.1 Å². The number of benzene rings is 1. The SMILES string of the molecule is Cc1cc(-c2nc(-c3ccoc3)no2)ccc1N. The third-order valence-electron chi connectivity index (χ3n) is 2.72. The van der Waals surface area contributed by atoms with Crippen LogP contribution in [-0.4, -0.2) is 10.1 Å². The molecule has 0 saturated carbocycles. The molecule has 0 amide bonds. The zero-order valence-electron chi connectivity index (χ0n) is 9.75. The highest BCUT2D eigenvalue weighted by atomic mass is 16.5. The minimum Gasteiger partial charge on any atom is -0.472 e. The molecule has 0 radical (unpaired) electrons. The standard InChI is InChI=1S/C13H11N3O2/c1-8-6-9(2-3-11(8)14)13-15-12(16-18-13)10-4-5-17-7-10/h2-7H,14H2,1H3. The lowest BCUT2D eigenvalue weighted by molar-refractivity contribution is 0.432. The fourth-order valence-electron chi connectivity index (χ4n) is 1.66. The number of nitrogens with two attached hydrogens (primary N) is 1. The van der Waals surface area contributed by atoms with Crippen molar-refractivity contribution in [3.8, 4) is 22.8 Å². The van der Waals surface area contributed by atoms with Crippen LogP contribution in [0.4, 0.5) is 5.69 Å². The molecule has 0 unspecified atom stereocenters. The summed E-state index contributed by atoms with van der Waals surface area (Å²) in [5, 5.41) is 3.91. The quantitative estimate of drug-likeness (QED) is 0.698. The van der Waals surface area contributed by atoms with Crippen LogP contribution in [0.2, 0.25) is 0 Å². The highest BCUT2D eigenvalue weighted by Gasteiger charge is 2.11. The van der Waals surface area contributed by atoms with Crippen LogP contribution >= 0.6 is 0 Å². The summed E-state index contributed by atoms with van der Waals surface area (Å²) in [6.45, 7) is 1.94. The van der Waals surface area contributed by atoms with Gasteiger partial charge in [0.2, 0.25) is 5.82 Å². The molecule has 0 fully saturated rings. The van der Waals surface area contributed by atoms with Gasteiger partial charge < -0.3 is 14.7 Å². The predicted octanol–water partition coefficient (Wildman–Crippen LogP) is 2.89. The average molecular weight is 241 g/mol. The van der Waals surface area contributed by atoms with Crippen LogP contribution in [0, 0.1) is 6.92 Å². The zero-order valence-corrected chi connectivity index (χ0v) is 9.75. The first-order valence-electron chi connectivity index (χ1n) is 5.47. The largest absolute Gasteiger partial charge is 0.472 e. The molecule has 0 bridgehead atoms. The summed E-state index contributed by atoms with van der Waals surface area (Å²) in [5.41, 5.74) is 9.14. The molecular weight excluding hydrogens is 230 g/mol. The first-order chi connectivity index (χ1) is 8.74. The van der Waals surface area contributed by atoms with E-state index in [1.165, 1.54) is 0 Å². The molecule has 1 aromatic carbocycles. The van der Waals surface area contributed by atoms with Crippen molar-refractivity contribution in [2.45, 2.75) is 6.92 Å². The summed E-state index contributed by atoms with van der Waals surface area (Å²) < 4.78 is 10.2. The van der Waals surface area contributed by atoms with Gasteiger partial charge in [-0.3, -0.25) is 0 Å². The van der Waals surface area contributed by atoms with Crippen LogP contribution in [-0.2, 0) is 0 Å². The van der Waals surface area contributed by atoms with Crippen LogP contribution in [0.3, 0.4) is 0 Å². The number of anilines is 1. The summed E-state index contributed by atoms with van der Waals surface area (Å²) in [7, 11) is 0.